The molecule has 6 aromatic carbocycles. The molecular weight excluding hydrogens is 705 g/mol. The van der Waals surface area contributed by atoms with Gasteiger partial charge in [-0.05, 0) is 101 Å². The summed E-state index contributed by atoms with van der Waals surface area (Å²) in [4.78, 5) is 12.4. The Balaban J connectivity index is 0.992. The molecule has 0 fully saturated rings. The minimum absolute atomic E-state index is 0.200. The largest absolute Gasteiger partial charge is 0.507 e. The molecule has 0 amide bonds. The molecule has 4 nitrogen and oxygen atoms in total. The molecule has 4 heterocycles. The highest BCUT2D eigenvalue weighted by atomic mass is 32.1. The summed E-state index contributed by atoms with van der Waals surface area (Å²) >= 11 is 1.77. The lowest BCUT2D eigenvalue weighted by atomic mass is 9.98. The molecule has 0 unspecified atom stereocenters. The van der Waals surface area contributed by atoms with E-state index in [1.165, 1.54) is 9.75 Å². The fourth-order valence-electron chi connectivity index (χ4n) is 7.55. The Kier molecular flexibility index (Phi) is 8.35. The quantitative estimate of drug-likeness (QED) is 0.177. The van der Waals surface area contributed by atoms with Crippen LogP contribution < -0.4 is 0 Å². The zero-order valence-corrected chi connectivity index (χ0v) is 31.3. The molecule has 56 heavy (non-hydrogen) atoms. The summed E-state index contributed by atoms with van der Waals surface area (Å²) in [5.74, 6) is 0.200. The molecule has 10 aromatic rings. The molecule has 5 heteroatoms. The van der Waals surface area contributed by atoms with Gasteiger partial charge in [0.15, 0.2) is 0 Å². The average molecular weight is 739 g/mol. The van der Waals surface area contributed by atoms with Crippen molar-refractivity contribution in [1.82, 2.24) is 9.97 Å². The molecule has 0 atom stereocenters. The maximum Gasteiger partial charge on any atom is 0.143 e. The Bertz CT molecular complexity index is 3050. The fourth-order valence-corrected chi connectivity index (χ4v) is 8.53. The van der Waals surface area contributed by atoms with Crippen LogP contribution in [0.15, 0.2) is 186 Å². The molecule has 0 radical (unpaired) electrons. The van der Waals surface area contributed by atoms with Crippen molar-refractivity contribution in [2.24, 2.45) is 0 Å². The highest BCUT2D eigenvalue weighted by Gasteiger charge is 2.16. The van der Waals surface area contributed by atoms with Crippen LogP contribution in [0, 0.1) is 6.92 Å². The summed E-state index contributed by atoms with van der Waals surface area (Å²) in [6, 6.07) is 62.2. The molecule has 266 valence electrons. The highest BCUT2D eigenvalue weighted by Crippen LogP contribution is 2.41. The summed E-state index contributed by atoms with van der Waals surface area (Å²) < 4.78 is 6.56. The first-order valence-corrected chi connectivity index (χ1v) is 19.4. The monoisotopic (exact) mass is 738 g/mol. The fraction of sp³-hybridized carbons (Fsp3) is 0.0196. The molecule has 0 spiro atoms. The van der Waals surface area contributed by atoms with E-state index in [0.29, 0.717) is 11.3 Å². The second-order valence-corrected chi connectivity index (χ2v) is 15.1. The zero-order chi connectivity index (χ0) is 37.6. The van der Waals surface area contributed by atoms with Crippen LogP contribution in [0.3, 0.4) is 0 Å². The molecule has 0 aliphatic rings. The maximum atomic E-state index is 10.8. The van der Waals surface area contributed by atoms with Crippen LogP contribution in [-0.2, 0) is 0 Å². The van der Waals surface area contributed by atoms with Gasteiger partial charge in [-0.2, -0.15) is 0 Å². The number of fused-ring (bicyclic) bond motifs is 3. The van der Waals surface area contributed by atoms with Gasteiger partial charge in [-0.3, -0.25) is 4.98 Å². The number of thiophene rings is 1. The number of aryl methyl sites for hydroxylation is 1. The number of phenols is 1. The minimum Gasteiger partial charge on any atom is -0.507 e. The Morgan fingerprint density at radius 1 is 0.429 bits per heavy atom. The van der Waals surface area contributed by atoms with Gasteiger partial charge in [0.05, 0.1) is 17.1 Å². The predicted octanol–water partition coefficient (Wildman–Crippen LogP) is 14.1. The van der Waals surface area contributed by atoms with Crippen LogP contribution in [0.1, 0.15) is 5.69 Å². The van der Waals surface area contributed by atoms with Crippen LogP contribution in [0.25, 0.3) is 98.8 Å². The Labute approximate surface area is 328 Å². The van der Waals surface area contributed by atoms with Crippen LogP contribution in [-0.4, -0.2) is 15.1 Å². The average Bonchev–Trinajstić information content (AvgIpc) is 3.90. The van der Waals surface area contributed by atoms with Gasteiger partial charge in [0.1, 0.15) is 16.9 Å². The Hall–Kier alpha value is -7.08. The SMILES string of the molecule is Cc1cc(-c2ccc(-c3ccc4c(c3)oc3c(-c5ccccc5)cccc34)s2)cc(-c2cccc(-c3cc(-c4ccccc4)cc(-c4ccccc4O)n3)c2)n1. The maximum absolute atomic E-state index is 10.8. The van der Waals surface area contributed by atoms with Crippen LogP contribution in [0.2, 0.25) is 0 Å². The van der Waals surface area contributed by atoms with Crippen molar-refractivity contribution in [3.63, 3.8) is 0 Å². The van der Waals surface area contributed by atoms with E-state index in [4.69, 9.17) is 14.4 Å². The number of hydrogen-bond acceptors (Lipinski definition) is 5. The second-order valence-electron chi connectivity index (χ2n) is 14.0. The number of nitrogens with zero attached hydrogens (tertiary/aromatic N) is 2. The van der Waals surface area contributed by atoms with Crippen molar-refractivity contribution < 1.29 is 9.52 Å². The van der Waals surface area contributed by atoms with Crippen molar-refractivity contribution in [2.75, 3.05) is 0 Å². The third-order valence-electron chi connectivity index (χ3n) is 10.3. The van der Waals surface area contributed by atoms with Crippen molar-refractivity contribution in [2.45, 2.75) is 6.92 Å². The molecule has 1 N–H and O–H groups in total. The molecule has 0 aliphatic carbocycles. The van der Waals surface area contributed by atoms with E-state index in [0.717, 1.165) is 83.5 Å². The lowest BCUT2D eigenvalue weighted by Gasteiger charge is -2.12. The van der Waals surface area contributed by atoms with Crippen molar-refractivity contribution in [3.05, 3.63) is 188 Å². The number of phenolic OH excluding ortho intramolecular Hbond substituents is 1. The Morgan fingerprint density at radius 3 is 1.84 bits per heavy atom. The van der Waals surface area contributed by atoms with E-state index < -0.39 is 0 Å². The molecule has 0 saturated heterocycles. The van der Waals surface area contributed by atoms with Crippen molar-refractivity contribution in [3.8, 4) is 82.7 Å². The van der Waals surface area contributed by atoms with E-state index in [1.807, 2.05) is 55.5 Å². The second kappa shape index (κ2) is 14.0. The number of hydrogen-bond donors (Lipinski definition) is 1. The number of pyridine rings is 2. The first kappa shape index (κ1) is 33.5. The van der Waals surface area contributed by atoms with Gasteiger partial charge in [-0.15, -0.1) is 11.3 Å². The summed E-state index contributed by atoms with van der Waals surface area (Å²) in [5, 5.41) is 13.0. The lowest BCUT2D eigenvalue weighted by Crippen LogP contribution is -1.93. The van der Waals surface area contributed by atoms with E-state index in [2.05, 4.69) is 127 Å². The van der Waals surface area contributed by atoms with Crippen LogP contribution in [0.4, 0.5) is 0 Å². The van der Waals surface area contributed by atoms with Gasteiger partial charge in [-0.1, -0.05) is 115 Å². The molecular formula is C51H34N2O2S. The van der Waals surface area contributed by atoms with Gasteiger partial charge in [0, 0.05) is 48.5 Å². The van der Waals surface area contributed by atoms with Crippen LogP contribution >= 0.6 is 11.3 Å². The standard InChI is InChI=1S/C51H34N2O2S/c1-32-26-39(50-25-24-49(56-50)37-22-23-41-42-20-11-19-40(34-14-6-3-7-15-34)51(42)55-48(41)31-37)30-44(52-32)35-16-10-17-36(27-35)45-28-38(33-12-4-2-5-13-33)29-46(53-45)43-18-8-9-21-47(43)54/h2-31,54H,1H3. The smallest absolute Gasteiger partial charge is 0.143 e. The summed E-state index contributed by atoms with van der Waals surface area (Å²) in [7, 11) is 0. The molecule has 4 aromatic heterocycles. The lowest BCUT2D eigenvalue weighted by molar-refractivity contribution is 0.477. The predicted molar refractivity (Wildman–Crippen MR) is 232 cm³/mol. The molecule has 0 saturated carbocycles. The number of rotatable bonds is 7. The summed E-state index contributed by atoms with van der Waals surface area (Å²) in [6.45, 7) is 2.05. The number of furan rings is 1. The van der Waals surface area contributed by atoms with Gasteiger partial charge < -0.3 is 9.52 Å². The highest BCUT2D eigenvalue weighted by molar-refractivity contribution is 7.18. The van der Waals surface area contributed by atoms with Gasteiger partial charge in [0.25, 0.3) is 0 Å². The molecule has 0 aliphatic heterocycles. The summed E-state index contributed by atoms with van der Waals surface area (Å²) in [6.07, 6.45) is 0. The van der Waals surface area contributed by atoms with Crippen LogP contribution in [0.5, 0.6) is 5.75 Å². The van der Waals surface area contributed by atoms with E-state index in [9.17, 15) is 5.11 Å². The molecule has 0 bridgehead atoms. The van der Waals surface area contributed by atoms with E-state index in [-0.39, 0.29) is 5.75 Å². The number of para-hydroxylation sites is 2. The third-order valence-corrected chi connectivity index (χ3v) is 11.5. The number of benzene rings is 6. The summed E-state index contributed by atoms with van der Waals surface area (Å²) in [5.41, 5.74) is 14.4. The van der Waals surface area contributed by atoms with E-state index >= 15 is 0 Å². The normalized spacial score (nSPS) is 11.4. The van der Waals surface area contributed by atoms with Crippen molar-refractivity contribution >= 4 is 33.3 Å². The zero-order valence-electron chi connectivity index (χ0n) is 30.5. The first-order chi connectivity index (χ1) is 27.5. The Morgan fingerprint density at radius 2 is 1.05 bits per heavy atom. The first-order valence-electron chi connectivity index (χ1n) is 18.6. The molecule has 10 rings (SSSR count). The topological polar surface area (TPSA) is 59.2 Å². The van der Waals surface area contributed by atoms with Gasteiger partial charge in [0.2, 0.25) is 0 Å². The van der Waals surface area contributed by atoms with E-state index in [1.54, 1.807) is 17.4 Å². The van der Waals surface area contributed by atoms with Gasteiger partial charge in [-0.25, -0.2) is 4.98 Å². The number of aromatic hydroxyl groups is 1. The number of aromatic nitrogens is 2. The van der Waals surface area contributed by atoms with Crippen molar-refractivity contribution in [1.29, 1.82) is 0 Å². The van der Waals surface area contributed by atoms with Gasteiger partial charge >= 0.3 is 0 Å². The third kappa shape index (κ3) is 6.24. The minimum atomic E-state index is 0.200.